The van der Waals surface area contributed by atoms with Crippen LogP contribution in [0.25, 0.3) is 0 Å². The largest absolute Gasteiger partial charge is 0.409 e. The molecule has 0 atom stereocenters. The Balaban J connectivity index is 3.35. The Morgan fingerprint density at radius 2 is 2.38 bits per heavy atom. The highest BCUT2D eigenvalue weighted by molar-refractivity contribution is 4.63. The van der Waals surface area contributed by atoms with Crippen molar-refractivity contribution in [2.45, 2.75) is 6.92 Å². The van der Waals surface area contributed by atoms with E-state index < -0.39 is 0 Å². The molecule has 0 radical (unpaired) electrons. The molecule has 0 saturated carbocycles. The zero-order valence-corrected chi connectivity index (χ0v) is 4.80. The number of aryl methyl sites for hydroxylation is 2. The van der Waals surface area contributed by atoms with Gasteiger partial charge in [0.25, 0.3) is 0 Å². The molecule has 0 unspecified atom stereocenters. The maximum atomic E-state index is 6.97. The highest BCUT2D eigenvalue weighted by Gasteiger charge is 1.91. The fourth-order valence-corrected chi connectivity index (χ4v) is 0.483. The third kappa shape index (κ3) is 0.641. The van der Waals surface area contributed by atoms with E-state index in [0.29, 0.717) is 5.89 Å². The molecule has 8 heavy (non-hydrogen) atoms. The first-order valence-corrected chi connectivity index (χ1v) is 2.25. The van der Waals surface area contributed by atoms with Crippen LogP contribution in [0.3, 0.4) is 0 Å². The van der Waals surface area contributed by atoms with Gasteiger partial charge >= 0.3 is 5.68 Å². The Kier molecular flexibility index (Phi) is 0.932. The van der Waals surface area contributed by atoms with Crippen molar-refractivity contribution in [3.8, 4) is 0 Å². The van der Waals surface area contributed by atoms with Gasteiger partial charge < -0.3 is 4.42 Å². The summed E-state index contributed by atoms with van der Waals surface area (Å²) in [4.78, 5) is 0. The van der Waals surface area contributed by atoms with Crippen LogP contribution in [-0.2, 0) is 7.05 Å². The fraction of sp³-hybridized carbons (Fsp3) is 0.500. The molecule has 0 saturated heterocycles. The lowest BCUT2D eigenvalue weighted by molar-refractivity contribution is 0.446. The summed E-state index contributed by atoms with van der Waals surface area (Å²) in [6.45, 7) is 1.71. The van der Waals surface area contributed by atoms with Crippen LogP contribution in [0.2, 0.25) is 0 Å². The van der Waals surface area contributed by atoms with E-state index in [1.165, 1.54) is 4.68 Å². The molecule has 4 nitrogen and oxygen atoms in total. The summed E-state index contributed by atoms with van der Waals surface area (Å²) in [6.07, 6.45) is 0. The summed E-state index contributed by atoms with van der Waals surface area (Å²) < 4.78 is 6.10. The third-order valence-corrected chi connectivity index (χ3v) is 0.829. The minimum absolute atomic E-state index is 0.0856. The number of rotatable bonds is 0. The van der Waals surface area contributed by atoms with Gasteiger partial charge in [0, 0.05) is 14.0 Å². The van der Waals surface area contributed by atoms with Gasteiger partial charge in [0.15, 0.2) is 0 Å². The van der Waals surface area contributed by atoms with Crippen LogP contribution >= 0.6 is 0 Å². The van der Waals surface area contributed by atoms with Crippen molar-refractivity contribution in [1.29, 1.82) is 5.41 Å². The average Bonchev–Trinajstić information content (AvgIpc) is 1.85. The quantitative estimate of drug-likeness (QED) is 0.506. The predicted molar refractivity (Wildman–Crippen MR) is 26.1 cm³/mol. The number of hydrogen-bond donors (Lipinski definition) is 1. The van der Waals surface area contributed by atoms with Gasteiger partial charge in [-0.1, -0.05) is 0 Å². The predicted octanol–water partition coefficient (Wildman–Crippen LogP) is -0.199. The van der Waals surface area contributed by atoms with Crippen molar-refractivity contribution in [3.63, 3.8) is 0 Å². The van der Waals surface area contributed by atoms with Gasteiger partial charge in [0.1, 0.15) is 0 Å². The number of aromatic nitrogens is 2. The van der Waals surface area contributed by atoms with Gasteiger partial charge in [-0.3, -0.25) is 0 Å². The topological polar surface area (TPSA) is 54.8 Å². The molecule has 0 amide bonds. The lowest BCUT2D eigenvalue weighted by atomic mass is 10.8. The van der Waals surface area contributed by atoms with Crippen LogP contribution in [0.1, 0.15) is 5.89 Å². The highest BCUT2D eigenvalue weighted by atomic mass is 16.4. The molecule has 0 aliphatic rings. The van der Waals surface area contributed by atoms with Gasteiger partial charge in [-0.15, -0.1) is 5.10 Å². The minimum atomic E-state index is 0.0856. The second kappa shape index (κ2) is 1.47. The molecule has 1 aromatic heterocycles. The molecule has 1 rings (SSSR count). The van der Waals surface area contributed by atoms with E-state index in [4.69, 9.17) is 9.83 Å². The fourth-order valence-electron chi connectivity index (χ4n) is 0.483. The molecule has 0 aliphatic carbocycles. The number of hydrogen-bond acceptors (Lipinski definition) is 3. The lowest BCUT2D eigenvalue weighted by Gasteiger charge is -1.75. The van der Waals surface area contributed by atoms with Crippen LogP contribution < -0.4 is 5.68 Å². The molecule has 0 spiro atoms. The first-order chi connectivity index (χ1) is 3.70. The molecular formula is C4H7N3O. The Morgan fingerprint density at radius 3 is 2.50 bits per heavy atom. The van der Waals surface area contributed by atoms with E-state index in [1.54, 1.807) is 14.0 Å². The van der Waals surface area contributed by atoms with Crippen molar-refractivity contribution in [2.75, 3.05) is 0 Å². The number of nitrogens with one attached hydrogen (secondary N) is 1. The molecule has 0 bridgehead atoms. The van der Waals surface area contributed by atoms with Crippen molar-refractivity contribution in [2.24, 2.45) is 7.05 Å². The van der Waals surface area contributed by atoms with Gasteiger partial charge in [-0.2, -0.15) is 0 Å². The van der Waals surface area contributed by atoms with Gasteiger partial charge in [-0.25, -0.2) is 10.1 Å². The van der Waals surface area contributed by atoms with E-state index in [1.807, 2.05) is 0 Å². The zero-order chi connectivity index (χ0) is 6.15. The Labute approximate surface area is 46.3 Å². The number of nitrogens with zero attached hydrogens (tertiary/aromatic N) is 2. The second-order valence-corrected chi connectivity index (χ2v) is 1.55. The summed E-state index contributed by atoms with van der Waals surface area (Å²) >= 11 is 0. The average molecular weight is 113 g/mol. The maximum absolute atomic E-state index is 6.97. The normalized spacial score (nSPS) is 9.75. The molecule has 44 valence electrons. The van der Waals surface area contributed by atoms with Crippen LogP contribution in [0.15, 0.2) is 4.42 Å². The van der Waals surface area contributed by atoms with Gasteiger partial charge in [0.2, 0.25) is 5.89 Å². The summed E-state index contributed by atoms with van der Waals surface area (Å²) in [5.41, 5.74) is 0.0856. The summed E-state index contributed by atoms with van der Waals surface area (Å²) in [5, 5.41) is 10.7. The van der Waals surface area contributed by atoms with E-state index in [9.17, 15) is 0 Å². The van der Waals surface area contributed by atoms with E-state index in [0.717, 1.165) is 0 Å². The smallest absolute Gasteiger partial charge is 0.312 e. The van der Waals surface area contributed by atoms with Crippen molar-refractivity contribution < 1.29 is 4.42 Å². The van der Waals surface area contributed by atoms with Crippen LogP contribution in [0.5, 0.6) is 0 Å². The summed E-state index contributed by atoms with van der Waals surface area (Å²) in [7, 11) is 1.67. The molecule has 1 N–H and O–H groups in total. The first-order valence-electron chi connectivity index (χ1n) is 2.25. The Morgan fingerprint density at radius 1 is 1.75 bits per heavy atom. The van der Waals surface area contributed by atoms with Gasteiger partial charge in [0.05, 0.1) is 0 Å². The van der Waals surface area contributed by atoms with Gasteiger partial charge in [-0.05, 0) is 0 Å². The van der Waals surface area contributed by atoms with Crippen LogP contribution in [0, 0.1) is 12.3 Å². The highest BCUT2D eigenvalue weighted by Crippen LogP contribution is 1.79. The molecule has 1 heterocycles. The Bertz CT molecular complexity index is 234. The summed E-state index contributed by atoms with van der Waals surface area (Å²) in [6, 6.07) is 0. The minimum Gasteiger partial charge on any atom is -0.409 e. The van der Waals surface area contributed by atoms with Crippen molar-refractivity contribution in [1.82, 2.24) is 9.78 Å². The van der Waals surface area contributed by atoms with E-state index in [-0.39, 0.29) is 5.68 Å². The lowest BCUT2D eigenvalue weighted by Crippen LogP contribution is -2.10. The summed E-state index contributed by atoms with van der Waals surface area (Å²) in [5.74, 6) is 0.525. The zero-order valence-electron chi connectivity index (χ0n) is 4.80. The monoisotopic (exact) mass is 113 g/mol. The van der Waals surface area contributed by atoms with E-state index in [2.05, 4.69) is 5.10 Å². The standard InChI is InChI=1S/C4H7N3O/c1-3-6-7(2)4(5)8-3/h5H,1-2H3. The van der Waals surface area contributed by atoms with Crippen molar-refractivity contribution >= 4 is 0 Å². The Hall–Kier alpha value is -1.06. The molecular weight excluding hydrogens is 106 g/mol. The van der Waals surface area contributed by atoms with Crippen LogP contribution in [-0.4, -0.2) is 9.78 Å². The van der Waals surface area contributed by atoms with E-state index >= 15 is 0 Å². The maximum Gasteiger partial charge on any atom is 0.312 e. The molecule has 0 aromatic carbocycles. The second-order valence-electron chi connectivity index (χ2n) is 1.55. The first kappa shape index (κ1) is 5.08. The molecule has 1 aromatic rings. The molecule has 4 heteroatoms. The third-order valence-electron chi connectivity index (χ3n) is 0.829. The molecule has 0 fully saturated rings. The van der Waals surface area contributed by atoms with Crippen molar-refractivity contribution in [3.05, 3.63) is 11.6 Å². The SMILES string of the molecule is Cc1nn(C)c(=N)o1. The van der Waals surface area contributed by atoms with Crippen LogP contribution in [0.4, 0.5) is 0 Å². The molecule has 0 aliphatic heterocycles.